The monoisotopic (exact) mass is 419 g/mol. The van der Waals surface area contributed by atoms with Gasteiger partial charge in [0.05, 0.1) is 22.7 Å². The van der Waals surface area contributed by atoms with Crippen molar-refractivity contribution in [1.82, 2.24) is 20.3 Å². The summed E-state index contributed by atoms with van der Waals surface area (Å²) in [4.78, 5) is 13.5. The first kappa shape index (κ1) is 20.1. The molecule has 0 atom stereocenters. The van der Waals surface area contributed by atoms with Crippen molar-refractivity contribution in [3.8, 4) is 17.6 Å². The van der Waals surface area contributed by atoms with E-state index < -0.39 is 11.7 Å². The second-order valence-electron chi connectivity index (χ2n) is 7.09. The minimum absolute atomic E-state index is 0.0207. The van der Waals surface area contributed by atoms with Gasteiger partial charge in [0, 0.05) is 25.0 Å². The fourth-order valence-electron chi connectivity index (χ4n) is 3.60. The number of rotatable bonds is 4. The van der Waals surface area contributed by atoms with Gasteiger partial charge in [0.25, 0.3) is 0 Å². The van der Waals surface area contributed by atoms with E-state index in [1.165, 1.54) is 30.6 Å². The highest BCUT2D eigenvalue weighted by molar-refractivity contribution is 5.82. The van der Waals surface area contributed by atoms with Crippen LogP contribution in [0.25, 0.3) is 10.9 Å². The number of alkyl halides is 3. The van der Waals surface area contributed by atoms with Gasteiger partial charge >= 0.3 is 12.2 Å². The maximum absolute atomic E-state index is 13.8. The lowest BCUT2D eigenvalue weighted by atomic mass is 10.0. The van der Waals surface area contributed by atoms with Crippen LogP contribution in [-0.4, -0.2) is 46.2 Å². The minimum Gasteiger partial charge on any atom is -0.493 e. The quantitative estimate of drug-likeness (QED) is 0.667. The van der Waals surface area contributed by atoms with Crippen LogP contribution >= 0.6 is 0 Å². The van der Waals surface area contributed by atoms with Crippen molar-refractivity contribution in [2.45, 2.75) is 25.1 Å². The lowest BCUT2D eigenvalue weighted by Crippen LogP contribution is -2.41. The number of pyridine rings is 1. The Morgan fingerprint density at radius 1 is 1.17 bits per heavy atom. The van der Waals surface area contributed by atoms with Crippen LogP contribution in [-0.2, 0) is 6.18 Å². The standard InChI is InChI=1S/C20H20F3N5O2/c1-28(12-4-7-24-8-5-12)17-3-2-13(10-15(17)20(21,22)23)30-19-26-16-11-25-9-6-14(16)18(29)27-19/h2-3,6,9-12,24H,4-5,7-8H2,1H3,(H,26,27,29). The highest BCUT2D eigenvalue weighted by Gasteiger charge is 2.36. The van der Waals surface area contributed by atoms with Gasteiger partial charge in [0.1, 0.15) is 5.75 Å². The molecular weight excluding hydrogens is 399 g/mol. The summed E-state index contributed by atoms with van der Waals surface area (Å²) >= 11 is 0. The molecule has 7 nitrogen and oxygen atoms in total. The van der Waals surface area contributed by atoms with Gasteiger partial charge in [0.15, 0.2) is 0 Å². The van der Waals surface area contributed by atoms with Gasteiger partial charge in [-0.3, -0.25) is 4.98 Å². The van der Waals surface area contributed by atoms with Gasteiger partial charge in [-0.25, -0.2) is 0 Å². The number of aromatic hydroxyl groups is 1. The van der Waals surface area contributed by atoms with E-state index in [-0.39, 0.29) is 29.4 Å². The number of benzene rings is 1. The third-order valence-corrected chi connectivity index (χ3v) is 5.18. The molecule has 1 aliphatic rings. The topological polar surface area (TPSA) is 83.4 Å². The van der Waals surface area contributed by atoms with Gasteiger partial charge in [-0.2, -0.15) is 23.1 Å². The molecule has 2 N–H and O–H groups in total. The van der Waals surface area contributed by atoms with E-state index in [0.717, 1.165) is 32.0 Å². The molecule has 3 aromatic rings. The van der Waals surface area contributed by atoms with E-state index in [2.05, 4.69) is 20.3 Å². The maximum atomic E-state index is 13.8. The van der Waals surface area contributed by atoms with Crippen LogP contribution in [0.1, 0.15) is 18.4 Å². The number of fused-ring (bicyclic) bond motifs is 1. The fourth-order valence-corrected chi connectivity index (χ4v) is 3.60. The number of anilines is 1. The molecule has 0 spiro atoms. The van der Waals surface area contributed by atoms with Gasteiger partial charge < -0.3 is 20.1 Å². The second-order valence-corrected chi connectivity index (χ2v) is 7.09. The molecule has 10 heteroatoms. The minimum atomic E-state index is -4.56. The molecule has 0 aliphatic carbocycles. The van der Waals surface area contributed by atoms with Crippen molar-refractivity contribution in [3.05, 3.63) is 42.2 Å². The Kier molecular flexibility index (Phi) is 5.33. The molecule has 0 saturated carbocycles. The lowest BCUT2D eigenvalue weighted by molar-refractivity contribution is -0.137. The predicted octanol–water partition coefficient (Wildman–Crippen LogP) is 3.73. The fraction of sp³-hybridized carbons (Fsp3) is 0.350. The zero-order valence-corrected chi connectivity index (χ0v) is 16.1. The molecular formula is C20H20F3N5O2. The van der Waals surface area contributed by atoms with Crippen molar-refractivity contribution in [1.29, 1.82) is 0 Å². The second kappa shape index (κ2) is 7.94. The molecule has 3 heterocycles. The van der Waals surface area contributed by atoms with Gasteiger partial charge in [0.2, 0.25) is 5.88 Å². The number of hydrogen-bond acceptors (Lipinski definition) is 7. The summed E-state index contributed by atoms with van der Waals surface area (Å²) in [6.45, 7) is 1.55. The van der Waals surface area contributed by atoms with E-state index in [4.69, 9.17) is 4.74 Å². The molecule has 0 amide bonds. The zero-order chi connectivity index (χ0) is 21.3. The van der Waals surface area contributed by atoms with Crippen LogP contribution in [0.2, 0.25) is 0 Å². The smallest absolute Gasteiger partial charge is 0.418 e. The van der Waals surface area contributed by atoms with Crippen LogP contribution in [0.15, 0.2) is 36.7 Å². The van der Waals surface area contributed by atoms with Crippen LogP contribution in [0.4, 0.5) is 18.9 Å². The largest absolute Gasteiger partial charge is 0.493 e. The summed E-state index contributed by atoms with van der Waals surface area (Å²) in [6, 6.07) is 5.05. The van der Waals surface area contributed by atoms with Crippen molar-refractivity contribution in [2.75, 3.05) is 25.0 Å². The van der Waals surface area contributed by atoms with Crippen molar-refractivity contribution >= 4 is 16.6 Å². The summed E-state index contributed by atoms with van der Waals surface area (Å²) in [5, 5.41) is 13.6. The van der Waals surface area contributed by atoms with Crippen molar-refractivity contribution < 1.29 is 23.0 Å². The Hall–Kier alpha value is -3.14. The average molecular weight is 419 g/mol. The molecule has 0 bridgehead atoms. The van der Waals surface area contributed by atoms with Gasteiger partial charge in [-0.1, -0.05) is 0 Å². The maximum Gasteiger partial charge on any atom is 0.418 e. The average Bonchev–Trinajstić information content (AvgIpc) is 2.73. The summed E-state index contributed by atoms with van der Waals surface area (Å²) in [5.41, 5.74) is -0.390. The molecule has 0 unspecified atom stereocenters. The first-order valence-corrected chi connectivity index (χ1v) is 9.46. The molecule has 1 fully saturated rings. The normalized spacial score (nSPS) is 15.3. The SMILES string of the molecule is CN(c1ccc(Oc2nc(O)c3ccncc3n2)cc1C(F)(F)F)C1CCNCC1. The molecule has 1 aromatic carbocycles. The highest BCUT2D eigenvalue weighted by Crippen LogP contribution is 2.40. The Morgan fingerprint density at radius 2 is 1.93 bits per heavy atom. The van der Waals surface area contributed by atoms with E-state index in [0.29, 0.717) is 10.9 Å². The molecule has 30 heavy (non-hydrogen) atoms. The molecule has 4 rings (SSSR count). The van der Waals surface area contributed by atoms with E-state index in [9.17, 15) is 18.3 Å². The van der Waals surface area contributed by atoms with Crippen LogP contribution in [0.3, 0.4) is 0 Å². The first-order valence-electron chi connectivity index (χ1n) is 9.46. The van der Waals surface area contributed by atoms with Crippen molar-refractivity contribution in [2.24, 2.45) is 0 Å². The molecule has 0 radical (unpaired) electrons. The number of aromatic nitrogens is 3. The van der Waals surface area contributed by atoms with E-state index in [1.807, 2.05) is 0 Å². The summed E-state index contributed by atoms with van der Waals surface area (Å²) < 4.78 is 46.8. The zero-order valence-electron chi connectivity index (χ0n) is 16.1. The number of nitrogens with zero attached hydrogens (tertiary/aromatic N) is 4. The van der Waals surface area contributed by atoms with E-state index in [1.54, 1.807) is 11.9 Å². The lowest BCUT2D eigenvalue weighted by Gasteiger charge is -2.34. The number of piperidine rings is 1. The Labute approximate surface area is 170 Å². The van der Waals surface area contributed by atoms with Gasteiger partial charge in [-0.15, -0.1) is 0 Å². The van der Waals surface area contributed by atoms with Crippen LogP contribution in [0.5, 0.6) is 17.6 Å². The number of nitrogens with one attached hydrogen (secondary N) is 1. The van der Waals surface area contributed by atoms with Crippen LogP contribution in [0, 0.1) is 0 Å². The van der Waals surface area contributed by atoms with E-state index >= 15 is 0 Å². The third-order valence-electron chi connectivity index (χ3n) is 5.18. The van der Waals surface area contributed by atoms with Gasteiger partial charge in [-0.05, 0) is 50.2 Å². The predicted molar refractivity (Wildman–Crippen MR) is 105 cm³/mol. The Balaban J connectivity index is 1.66. The number of hydrogen-bond donors (Lipinski definition) is 2. The highest BCUT2D eigenvalue weighted by atomic mass is 19.4. The third kappa shape index (κ3) is 4.09. The first-order chi connectivity index (χ1) is 14.3. The Morgan fingerprint density at radius 3 is 2.67 bits per heavy atom. The molecule has 1 saturated heterocycles. The summed E-state index contributed by atoms with van der Waals surface area (Å²) in [6.07, 6.45) is -0.151. The summed E-state index contributed by atoms with van der Waals surface area (Å²) in [7, 11) is 1.68. The number of ether oxygens (including phenoxy) is 1. The molecule has 1 aliphatic heterocycles. The summed E-state index contributed by atoms with van der Waals surface area (Å²) in [5.74, 6) is -0.414. The van der Waals surface area contributed by atoms with Crippen LogP contribution < -0.4 is 15.0 Å². The molecule has 2 aromatic heterocycles. The van der Waals surface area contributed by atoms with Crippen molar-refractivity contribution in [3.63, 3.8) is 0 Å². The Bertz CT molecular complexity index is 1050. The molecule has 158 valence electrons. The number of halogens is 3.